The molecule has 0 aliphatic carbocycles. The summed E-state index contributed by atoms with van der Waals surface area (Å²) in [4.78, 5) is 18.1. The Morgan fingerprint density at radius 3 is 2.69 bits per heavy atom. The maximum atomic E-state index is 14.7. The number of ether oxygens (including phenoxy) is 1. The summed E-state index contributed by atoms with van der Waals surface area (Å²) in [5.74, 6) is -0.407. The third-order valence-corrected chi connectivity index (χ3v) is 7.12. The average Bonchev–Trinajstić information content (AvgIpc) is 3.08. The molecule has 3 heterocycles. The lowest BCUT2D eigenvalue weighted by Crippen LogP contribution is -2.34. The Bertz CT molecular complexity index is 1530. The smallest absolute Gasteiger partial charge is 0.326 e. The molecule has 0 spiro atoms. The lowest BCUT2D eigenvalue weighted by Gasteiger charge is -2.29. The molecule has 0 radical (unpaired) electrons. The Kier molecular flexibility index (Phi) is 5.29. The summed E-state index contributed by atoms with van der Waals surface area (Å²) in [6.45, 7) is 1.94. The monoisotopic (exact) mass is 473 g/mol. The fourth-order valence-corrected chi connectivity index (χ4v) is 5.27. The molecule has 0 atom stereocenters. The molecule has 7 heteroatoms. The minimum Gasteiger partial charge on any atom is -0.488 e. The zero-order valence-corrected chi connectivity index (χ0v) is 19.4. The molecule has 3 aromatic carbocycles. The van der Waals surface area contributed by atoms with Crippen molar-refractivity contribution in [3.8, 4) is 5.75 Å². The Morgan fingerprint density at radius 1 is 1.03 bits per heavy atom. The molecule has 5 nitrogen and oxygen atoms in total. The van der Waals surface area contributed by atoms with Crippen LogP contribution < -0.4 is 10.4 Å². The van der Waals surface area contributed by atoms with Gasteiger partial charge in [-0.05, 0) is 86.1 Å². The molecule has 0 unspecified atom stereocenters. The van der Waals surface area contributed by atoms with Crippen LogP contribution in [0.5, 0.6) is 5.75 Å². The van der Waals surface area contributed by atoms with E-state index < -0.39 is 5.82 Å². The van der Waals surface area contributed by atoms with Crippen molar-refractivity contribution in [3.63, 3.8) is 0 Å². The summed E-state index contributed by atoms with van der Waals surface area (Å²) in [6.07, 6.45) is 3.81. The van der Waals surface area contributed by atoms with Gasteiger partial charge >= 0.3 is 5.69 Å². The number of nitrogens with zero attached hydrogens (tertiary/aromatic N) is 2. The summed E-state index contributed by atoms with van der Waals surface area (Å²) in [5.41, 5.74) is 4.94. The summed E-state index contributed by atoms with van der Waals surface area (Å²) >= 11 is 0. The number of aromatic nitrogens is 2. The van der Waals surface area contributed by atoms with E-state index in [0.717, 1.165) is 48.1 Å². The van der Waals surface area contributed by atoms with E-state index in [9.17, 15) is 13.6 Å². The minimum atomic E-state index is -0.413. The van der Waals surface area contributed by atoms with Crippen molar-refractivity contribution in [3.05, 3.63) is 99.0 Å². The highest BCUT2D eigenvalue weighted by Gasteiger charge is 2.24. The van der Waals surface area contributed by atoms with Crippen LogP contribution in [0.1, 0.15) is 41.1 Å². The summed E-state index contributed by atoms with van der Waals surface area (Å²) < 4.78 is 36.3. The first-order valence-corrected chi connectivity index (χ1v) is 11.8. The van der Waals surface area contributed by atoms with Crippen molar-refractivity contribution < 1.29 is 13.5 Å². The number of imidazole rings is 1. The average molecular weight is 474 g/mol. The first-order chi connectivity index (χ1) is 17.0. The van der Waals surface area contributed by atoms with Crippen LogP contribution in [0.25, 0.3) is 22.7 Å². The van der Waals surface area contributed by atoms with Crippen LogP contribution >= 0.6 is 0 Å². The predicted octanol–water partition coefficient (Wildman–Crippen LogP) is 5.36. The van der Waals surface area contributed by atoms with Crippen molar-refractivity contribution in [2.45, 2.75) is 25.5 Å². The van der Waals surface area contributed by atoms with Crippen molar-refractivity contribution >= 4 is 22.7 Å². The van der Waals surface area contributed by atoms with Gasteiger partial charge in [0.2, 0.25) is 0 Å². The third kappa shape index (κ3) is 3.86. The number of hydrogen-bond donors (Lipinski definition) is 1. The maximum Gasteiger partial charge on any atom is 0.326 e. The second-order valence-electron chi connectivity index (χ2n) is 9.36. The highest BCUT2D eigenvalue weighted by molar-refractivity contribution is 5.95. The normalized spacial score (nSPS) is 17.7. The molecular weight excluding hydrogens is 448 g/mol. The van der Waals surface area contributed by atoms with Gasteiger partial charge in [0.15, 0.2) is 0 Å². The lowest BCUT2D eigenvalue weighted by molar-refractivity contribution is 0.221. The molecule has 0 amide bonds. The van der Waals surface area contributed by atoms with E-state index in [1.54, 1.807) is 12.1 Å². The van der Waals surface area contributed by atoms with Crippen molar-refractivity contribution in [1.29, 1.82) is 0 Å². The molecule has 2 aliphatic heterocycles. The molecular formula is C28H25F2N3O2. The van der Waals surface area contributed by atoms with E-state index in [0.29, 0.717) is 22.4 Å². The van der Waals surface area contributed by atoms with Crippen molar-refractivity contribution in [2.75, 3.05) is 20.1 Å². The SMILES string of the molecule is CN1CCC(n2c(=O)[nH]c3cc(C=C4c5ccc(F)cc5OCc5c(F)cccc54)ccc32)CC1. The van der Waals surface area contributed by atoms with Crippen molar-refractivity contribution in [1.82, 2.24) is 14.5 Å². The fourth-order valence-electron chi connectivity index (χ4n) is 5.27. The topological polar surface area (TPSA) is 50.3 Å². The van der Waals surface area contributed by atoms with E-state index in [1.807, 2.05) is 34.9 Å². The molecule has 4 aromatic rings. The van der Waals surface area contributed by atoms with Crippen molar-refractivity contribution in [2.24, 2.45) is 0 Å². The van der Waals surface area contributed by atoms with Gasteiger partial charge in [-0.1, -0.05) is 18.2 Å². The predicted molar refractivity (Wildman–Crippen MR) is 132 cm³/mol. The van der Waals surface area contributed by atoms with Crippen LogP contribution in [0, 0.1) is 11.6 Å². The molecule has 35 heavy (non-hydrogen) atoms. The van der Waals surface area contributed by atoms with Gasteiger partial charge in [-0.3, -0.25) is 4.57 Å². The number of hydrogen-bond acceptors (Lipinski definition) is 3. The molecule has 178 valence electrons. The number of rotatable bonds is 2. The fraction of sp³-hybridized carbons (Fsp3) is 0.250. The zero-order chi connectivity index (χ0) is 24.1. The number of piperidine rings is 1. The van der Waals surface area contributed by atoms with Gasteiger partial charge in [-0.2, -0.15) is 0 Å². The summed E-state index contributed by atoms with van der Waals surface area (Å²) in [5, 5.41) is 0. The molecule has 6 rings (SSSR count). The van der Waals surface area contributed by atoms with Gasteiger partial charge in [-0.15, -0.1) is 0 Å². The largest absolute Gasteiger partial charge is 0.488 e. The Hall–Kier alpha value is -3.71. The van der Waals surface area contributed by atoms with Crippen LogP contribution in [0.2, 0.25) is 0 Å². The van der Waals surface area contributed by atoms with Gasteiger partial charge in [-0.25, -0.2) is 13.6 Å². The van der Waals surface area contributed by atoms with E-state index in [2.05, 4.69) is 16.9 Å². The Morgan fingerprint density at radius 2 is 1.86 bits per heavy atom. The molecule has 1 N–H and O–H groups in total. The minimum absolute atomic E-state index is 0.0155. The number of fused-ring (bicyclic) bond motifs is 3. The number of nitrogens with one attached hydrogen (secondary N) is 1. The van der Waals surface area contributed by atoms with E-state index in [1.165, 1.54) is 18.2 Å². The van der Waals surface area contributed by atoms with E-state index in [4.69, 9.17) is 4.74 Å². The third-order valence-electron chi connectivity index (χ3n) is 7.12. The second kappa shape index (κ2) is 8.50. The zero-order valence-electron chi connectivity index (χ0n) is 19.4. The maximum absolute atomic E-state index is 14.7. The highest BCUT2D eigenvalue weighted by atomic mass is 19.1. The summed E-state index contributed by atoms with van der Waals surface area (Å²) in [7, 11) is 2.10. The number of H-pyrrole nitrogens is 1. The second-order valence-corrected chi connectivity index (χ2v) is 9.36. The van der Waals surface area contributed by atoms with E-state index in [-0.39, 0.29) is 24.2 Å². The highest BCUT2D eigenvalue weighted by Crippen LogP contribution is 2.39. The van der Waals surface area contributed by atoms with Gasteiger partial charge in [0.1, 0.15) is 24.0 Å². The summed E-state index contributed by atoms with van der Waals surface area (Å²) in [6, 6.07) is 15.3. The van der Waals surface area contributed by atoms with E-state index >= 15 is 0 Å². The first-order valence-electron chi connectivity index (χ1n) is 11.8. The lowest BCUT2D eigenvalue weighted by atomic mass is 9.92. The van der Waals surface area contributed by atoms with Crippen LogP contribution in [0.4, 0.5) is 8.78 Å². The van der Waals surface area contributed by atoms with Gasteiger partial charge in [0, 0.05) is 23.2 Å². The number of aromatic amines is 1. The Labute approximate surface area is 201 Å². The quantitative estimate of drug-likeness (QED) is 0.427. The standard InChI is InChI=1S/C28H25F2N3O2/c1-32-11-9-19(10-12-32)33-26-8-5-17(14-25(26)31-28(33)34)13-22-20-3-2-4-24(30)23(20)16-35-27-15-18(29)6-7-21(22)27/h2-8,13-15,19H,9-12,16H2,1H3,(H,31,34). The van der Waals surface area contributed by atoms with Crippen LogP contribution in [-0.2, 0) is 6.61 Å². The van der Waals surface area contributed by atoms with Crippen LogP contribution in [0.15, 0.2) is 59.4 Å². The molecule has 0 bridgehead atoms. The van der Waals surface area contributed by atoms with Gasteiger partial charge < -0.3 is 14.6 Å². The number of likely N-dealkylation sites (tertiary alicyclic amines) is 1. The molecule has 1 saturated heterocycles. The number of benzene rings is 3. The molecule has 1 aromatic heterocycles. The molecule has 1 fully saturated rings. The molecule has 2 aliphatic rings. The first kappa shape index (κ1) is 21.8. The van der Waals surface area contributed by atoms with Crippen LogP contribution in [0.3, 0.4) is 0 Å². The van der Waals surface area contributed by atoms with Gasteiger partial charge in [0.05, 0.1) is 11.0 Å². The Balaban J connectivity index is 1.48. The molecule has 0 saturated carbocycles. The van der Waals surface area contributed by atoms with Gasteiger partial charge in [0.25, 0.3) is 0 Å². The number of halogens is 2. The van der Waals surface area contributed by atoms with Crippen LogP contribution in [-0.4, -0.2) is 34.6 Å².